The molecule has 9 nitrogen and oxygen atoms in total. The number of para-hydroxylation sites is 1. The van der Waals surface area contributed by atoms with E-state index in [0.717, 1.165) is 5.56 Å². The van der Waals surface area contributed by atoms with Gasteiger partial charge in [-0.25, -0.2) is 9.69 Å². The molecule has 2 aromatic rings. The summed E-state index contributed by atoms with van der Waals surface area (Å²) in [7, 11) is 1.22. The molecule has 0 aliphatic carbocycles. The number of urea groups is 1. The number of anilines is 1. The molecule has 0 aromatic heterocycles. The number of amides is 5. The summed E-state index contributed by atoms with van der Waals surface area (Å²) in [4.78, 5) is 55.2. The van der Waals surface area contributed by atoms with Crippen LogP contribution in [0, 0.1) is 12.8 Å². The molecule has 0 saturated carbocycles. The van der Waals surface area contributed by atoms with Gasteiger partial charge < -0.3 is 10.1 Å². The lowest BCUT2D eigenvalue weighted by Gasteiger charge is -2.39. The fourth-order valence-corrected chi connectivity index (χ4v) is 3.91. The van der Waals surface area contributed by atoms with E-state index in [4.69, 9.17) is 4.74 Å². The largest absolute Gasteiger partial charge is 0.496 e. The highest BCUT2D eigenvalue weighted by Gasteiger charge is 2.74. The van der Waals surface area contributed by atoms with Gasteiger partial charge in [0.15, 0.2) is 0 Å². The van der Waals surface area contributed by atoms with Gasteiger partial charge in [0.1, 0.15) is 17.5 Å². The van der Waals surface area contributed by atoms with Crippen molar-refractivity contribution in [1.82, 2.24) is 10.6 Å². The van der Waals surface area contributed by atoms with E-state index in [-0.39, 0.29) is 17.0 Å². The summed E-state index contributed by atoms with van der Waals surface area (Å²) < 4.78 is 48.6. The molecule has 1 saturated heterocycles. The molecule has 34 heavy (non-hydrogen) atoms. The van der Waals surface area contributed by atoms with Gasteiger partial charge in [0.25, 0.3) is 11.8 Å². The van der Waals surface area contributed by atoms with Crippen LogP contribution in [0.5, 0.6) is 5.75 Å². The molecule has 1 fully saturated rings. The fraction of sp³-hybridized carbons (Fsp3) is 0.227. The summed E-state index contributed by atoms with van der Waals surface area (Å²) in [5.74, 6) is -7.70. The first-order valence-corrected chi connectivity index (χ1v) is 9.88. The molecule has 0 radical (unpaired) electrons. The number of imide groups is 1. The van der Waals surface area contributed by atoms with Gasteiger partial charge in [-0.2, -0.15) is 18.2 Å². The van der Waals surface area contributed by atoms with E-state index in [1.807, 2.05) is 5.32 Å². The van der Waals surface area contributed by atoms with Gasteiger partial charge in [-0.1, -0.05) is 29.8 Å². The zero-order valence-corrected chi connectivity index (χ0v) is 17.8. The van der Waals surface area contributed by atoms with Crippen LogP contribution in [0.25, 0.3) is 0 Å². The minimum absolute atomic E-state index is 0.0477. The van der Waals surface area contributed by atoms with Crippen LogP contribution >= 0.6 is 0 Å². The Hall–Kier alpha value is -4.22. The second kappa shape index (κ2) is 7.97. The van der Waals surface area contributed by atoms with Crippen molar-refractivity contribution in [3.05, 3.63) is 59.7 Å². The summed E-state index contributed by atoms with van der Waals surface area (Å²) in [6.45, 7) is 1.76. The Bertz CT molecular complexity index is 1240. The first kappa shape index (κ1) is 23.0. The zero-order valence-electron chi connectivity index (χ0n) is 17.8. The highest BCUT2D eigenvalue weighted by atomic mass is 19.4. The van der Waals surface area contributed by atoms with Crippen molar-refractivity contribution in [3.8, 4) is 5.75 Å². The standard InChI is InChI=1S/C22H17F3N4O5/c1-11-7-9-12(10-8-11)29-16-15(18(31)27-20(29)33)21(19(32)26-16,22(23,24)25)28-17(30)13-5-3-4-6-14(13)34-2/h3-10,15H,1-2H3,(H,28,30)(H,27,31,33). The molecule has 2 unspecified atom stereocenters. The van der Waals surface area contributed by atoms with E-state index < -0.39 is 47.2 Å². The molecule has 4 rings (SSSR count). The molecule has 2 aromatic carbocycles. The SMILES string of the molecule is COc1ccccc1C(=O)NC1(C(F)(F)F)C(=O)N=C2C1C(=O)NC(=O)N2c1ccc(C)cc1. The lowest BCUT2D eigenvalue weighted by molar-refractivity contribution is -0.201. The molecule has 176 valence electrons. The van der Waals surface area contributed by atoms with Gasteiger partial charge in [0.2, 0.25) is 11.4 Å². The van der Waals surface area contributed by atoms with Gasteiger partial charge in [-0.15, -0.1) is 0 Å². The Morgan fingerprint density at radius 3 is 2.38 bits per heavy atom. The Morgan fingerprint density at radius 2 is 1.76 bits per heavy atom. The van der Waals surface area contributed by atoms with Crippen LogP contribution < -0.4 is 20.3 Å². The maximum Gasteiger partial charge on any atom is 0.422 e. The number of carbonyl (C=O) groups excluding carboxylic acids is 4. The number of hydrogen-bond acceptors (Lipinski definition) is 5. The molecule has 0 bridgehead atoms. The maximum atomic E-state index is 14.5. The van der Waals surface area contributed by atoms with Gasteiger partial charge in [0, 0.05) is 0 Å². The highest BCUT2D eigenvalue weighted by Crippen LogP contribution is 2.44. The summed E-state index contributed by atoms with van der Waals surface area (Å²) in [5.41, 5.74) is -3.15. The number of nitrogens with zero attached hydrogens (tertiary/aromatic N) is 2. The topological polar surface area (TPSA) is 117 Å². The van der Waals surface area contributed by atoms with Crippen LogP contribution in [0.1, 0.15) is 15.9 Å². The number of carbonyl (C=O) groups is 4. The number of nitrogens with one attached hydrogen (secondary N) is 2. The number of benzene rings is 2. The molecular formula is C22H17F3N4O5. The Labute approximate surface area is 190 Å². The molecule has 5 amide bonds. The molecule has 2 heterocycles. The number of hydrogen-bond donors (Lipinski definition) is 2. The van der Waals surface area contributed by atoms with E-state index in [0.29, 0.717) is 4.90 Å². The van der Waals surface area contributed by atoms with Crippen LogP contribution in [0.2, 0.25) is 0 Å². The molecule has 2 N–H and O–H groups in total. The number of ether oxygens (including phenoxy) is 1. The summed E-state index contributed by atoms with van der Waals surface area (Å²) in [5, 5.41) is 3.53. The van der Waals surface area contributed by atoms with Crippen LogP contribution in [-0.4, -0.2) is 48.4 Å². The summed E-state index contributed by atoms with van der Waals surface area (Å²) in [6, 6.07) is 10.4. The van der Waals surface area contributed by atoms with Crippen molar-refractivity contribution in [2.24, 2.45) is 10.9 Å². The first-order chi connectivity index (χ1) is 16.0. The van der Waals surface area contributed by atoms with Crippen molar-refractivity contribution in [1.29, 1.82) is 0 Å². The van der Waals surface area contributed by atoms with E-state index in [1.54, 1.807) is 24.4 Å². The number of halogens is 3. The average Bonchev–Trinajstić information content (AvgIpc) is 3.08. The van der Waals surface area contributed by atoms with Crippen molar-refractivity contribution in [2.75, 3.05) is 12.0 Å². The number of methoxy groups -OCH3 is 1. The predicted molar refractivity (Wildman–Crippen MR) is 112 cm³/mol. The second-order valence-corrected chi connectivity index (χ2v) is 7.63. The lowest BCUT2D eigenvalue weighted by Crippen LogP contribution is -2.72. The minimum Gasteiger partial charge on any atom is -0.496 e. The summed E-state index contributed by atoms with van der Waals surface area (Å²) in [6.07, 6.45) is -5.45. The van der Waals surface area contributed by atoms with E-state index in [9.17, 15) is 32.3 Å². The van der Waals surface area contributed by atoms with Crippen LogP contribution in [0.15, 0.2) is 53.5 Å². The smallest absolute Gasteiger partial charge is 0.422 e. The average molecular weight is 474 g/mol. The predicted octanol–water partition coefficient (Wildman–Crippen LogP) is 2.35. The Morgan fingerprint density at radius 1 is 1.12 bits per heavy atom. The van der Waals surface area contributed by atoms with Gasteiger partial charge in [-0.3, -0.25) is 19.7 Å². The zero-order chi connectivity index (χ0) is 24.8. The van der Waals surface area contributed by atoms with Gasteiger partial charge >= 0.3 is 12.2 Å². The van der Waals surface area contributed by atoms with Gasteiger partial charge in [-0.05, 0) is 31.2 Å². The molecule has 2 aliphatic rings. The lowest BCUT2D eigenvalue weighted by atomic mass is 9.81. The van der Waals surface area contributed by atoms with Crippen molar-refractivity contribution < 1.29 is 37.1 Å². The normalized spacial score (nSPS) is 22.1. The molecule has 2 atom stereocenters. The molecule has 2 aliphatic heterocycles. The number of fused-ring (bicyclic) bond motifs is 1. The third-order valence-electron chi connectivity index (χ3n) is 5.57. The maximum absolute atomic E-state index is 14.5. The quantitative estimate of drug-likeness (QED) is 0.706. The van der Waals surface area contributed by atoms with Crippen LogP contribution in [0.3, 0.4) is 0 Å². The minimum atomic E-state index is -5.45. The molecule has 12 heteroatoms. The van der Waals surface area contributed by atoms with Crippen LogP contribution in [0.4, 0.5) is 23.7 Å². The highest BCUT2D eigenvalue weighted by molar-refractivity contribution is 6.35. The first-order valence-electron chi connectivity index (χ1n) is 9.88. The monoisotopic (exact) mass is 474 g/mol. The third kappa shape index (κ3) is 3.38. The number of rotatable bonds is 4. The number of alkyl halides is 3. The van der Waals surface area contributed by atoms with Crippen molar-refractivity contribution >= 4 is 35.3 Å². The number of amidine groups is 1. The van der Waals surface area contributed by atoms with Gasteiger partial charge in [0.05, 0.1) is 18.4 Å². The summed E-state index contributed by atoms with van der Waals surface area (Å²) >= 11 is 0. The van der Waals surface area contributed by atoms with Crippen LogP contribution in [-0.2, 0) is 9.59 Å². The molecular weight excluding hydrogens is 457 g/mol. The van der Waals surface area contributed by atoms with E-state index >= 15 is 0 Å². The fourth-order valence-electron chi connectivity index (χ4n) is 3.91. The van der Waals surface area contributed by atoms with E-state index in [2.05, 4.69) is 4.99 Å². The second-order valence-electron chi connectivity index (χ2n) is 7.63. The van der Waals surface area contributed by atoms with Crippen molar-refractivity contribution in [3.63, 3.8) is 0 Å². The molecule has 0 spiro atoms. The number of aliphatic imine (C=N–C) groups is 1. The third-order valence-corrected chi connectivity index (χ3v) is 5.57. The number of aryl methyl sites for hydroxylation is 1. The van der Waals surface area contributed by atoms with Crippen molar-refractivity contribution in [2.45, 2.75) is 18.6 Å². The van der Waals surface area contributed by atoms with E-state index in [1.165, 1.54) is 43.5 Å². The Balaban J connectivity index is 1.83. The Kier molecular flexibility index (Phi) is 5.38.